The molecule has 6 nitrogen and oxygen atoms in total. The van der Waals surface area contributed by atoms with E-state index in [4.69, 9.17) is 0 Å². The first kappa shape index (κ1) is 14.3. The molecule has 1 N–H and O–H groups in total. The third kappa shape index (κ3) is 2.49. The van der Waals surface area contributed by atoms with Gasteiger partial charge in [0, 0.05) is 7.05 Å². The Morgan fingerprint density at radius 2 is 1.86 bits per heavy atom. The molecule has 3 aliphatic carbocycles. The Bertz CT molecular complexity index is 535. The number of carbonyl (C=O) groups excluding carboxylic acids is 1. The molecule has 0 radical (unpaired) electrons. The summed E-state index contributed by atoms with van der Waals surface area (Å²) in [6.07, 6.45) is -1.85. The highest BCUT2D eigenvalue weighted by Gasteiger charge is 2.58. The summed E-state index contributed by atoms with van der Waals surface area (Å²) in [6.45, 7) is 0. The molecule has 0 aliphatic heterocycles. The second-order valence-electron chi connectivity index (χ2n) is 5.88. The third-order valence-corrected chi connectivity index (χ3v) is 4.75. The largest absolute Gasteiger partial charge is 0.392 e. The van der Waals surface area contributed by atoms with Gasteiger partial charge < -0.3 is 0 Å². The lowest BCUT2D eigenvalue weighted by atomic mass is 9.58. The van der Waals surface area contributed by atoms with Gasteiger partial charge in [0.05, 0.1) is 11.8 Å². The van der Waals surface area contributed by atoms with Crippen LogP contribution in [0, 0.1) is 23.7 Å². The first-order valence-electron chi connectivity index (χ1n) is 6.98. The Morgan fingerprint density at radius 1 is 1.24 bits per heavy atom. The van der Waals surface area contributed by atoms with E-state index in [1.165, 1.54) is 11.7 Å². The predicted octanol–water partition coefficient (Wildman–Crippen LogP) is 1.76. The minimum absolute atomic E-state index is 0.0716. The van der Waals surface area contributed by atoms with Crippen molar-refractivity contribution in [1.82, 2.24) is 20.2 Å². The summed E-state index contributed by atoms with van der Waals surface area (Å²) in [7, 11) is 1.52. The fourth-order valence-electron chi connectivity index (χ4n) is 3.83. The Morgan fingerprint density at radius 3 is 2.38 bits per heavy atom. The van der Waals surface area contributed by atoms with Gasteiger partial charge in [0.25, 0.3) is 0 Å². The number of tetrazole rings is 1. The van der Waals surface area contributed by atoms with Crippen molar-refractivity contribution in [2.75, 3.05) is 5.32 Å². The Hall–Kier alpha value is -1.67. The van der Waals surface area contributed by atoms with Crippen LogP contribution in [0.2, 0.25) is 0 Å². The van der Waals surface area contributed by atoms with Crippen molar-refractivity contribution >= 4 is 11.9 Å². The molecule has 2 bridgehead atoms. The highest BCUT2D eigenvalue weighted by molar-refractivity contribution is 5.91. The fourth-order valence-corrected chi connectivity index (χ4v) is 3.83. The smallest absolute Gasteiger partial charge is 0.293 e. The lowest BCUT2D eigenvalue weighted by molar-refractivity contribution is -0.227. The molecule has 0 saturated heterocycles. The number of hydrogen-bond acceptors (Lipinski definition) is 4. The van der Waals surface area contributed by atoms with E-state index in [1.54, 1.807) is 0 Å². The van der Waals surface area contributed by atoms with Crippen molar-refractivity contribution in [2.24, 2.45) is 30.7 Å². The van der Waals surface area contributed by atoms with E-state index in [0.717, 1.165) is 0 Å². The average Bonchev–Trinajstić information content (AvgIpc) is 2.83. The van der Waals surface area contributed by atoms with Gasteiger partial charge in [-0.3, -0.25) is 10.1 Å². The fraction of sp³-hybridized carbons (Fsp3) is 0.833. The Kier molecular flexibility index (Phi) is 3.37. The van der Waals surface area contributed by atoms with Gasteiger partial charge in [0.15, 0.2) is 0 Å². The Labute approximate surface area is 119 Å². The van der Waals surface area contributed by atoms with E-state index >= 15 is 0 Å². The van der Waals surface area contributed by atoms with Gasteiger partial charge in [0.1, 0.15) is 0 Å². The molecule has 1 aromatic heterocycles. The zero-order valence-corrected chi connectivity index (χ0v) is 11.5. The number of halogens is 3. The number of nitrogens with zero attached hydrogens (tertiary/aromatic N) is 4. The van der Waals surface area contributed by atoms with Crippen molar-refractivity contribution in [2.45, 2.75) is 31.9 Å². The molecule has 1 heterocycles. The summed E-state index contributed by atoms with van der Waals surface area (Å²) >= 11 is 0. The van der Waals surface area contributed by atoms with Gasteiger partial charge in [-0.25, -0.2) is 4.68 Å². The SMILES string of the molecule is Cn1nnnc1NC(=O)[C@H]1C2CCC(CC2)[C@@H]1C(F)(F)F. The summed E-state index contributed by atoms with van der Waals surface area (Å²) < 4.78 is 41.2. The molecule has 21 heavy (non-hydrogen) atoms. The topological polar surface area (TPSA) is 72.7 Å². The maximum absolute atomic E-state index is 13.3. The van der Waals surface area contributed by atoms with Gasteiger partial charge in [-0.05, 0) is 47.9 Å². The van der Waals surface area contributed by atoms with Gasteiger partial charge in [-0.1, -0.05) is 5.10 Å². The molecule has 1 amide bonds. The number of carbonyl (C=O) groups is 1. The summed E-state index contributed by atoms with van der Waals surface area (Å²) in [4.78, 5) is 12.3. The number of nitrogens with one attached hydrogen (secondary N) is 1. The minimum Gasteiger partial charge on any atom is -0.293 e. The number of amides is 1. The first-order valence-corrected chi connectivity index (χ1v) is 6.98. The molecular formula is C12H16F3N5O. The zero-order chi connectivity index (χ0) is 15.2. The molecule has 4 rings (SSSR count). The number of aromatic nitrogens is 4. The number of rotatable bonds is 2. The summed E-state index contributed by atoms with van der Waals surface area (Å²) in [5.74, 6) is -3.78. The van der Waals surface area contributed by atoms with Crippen LogP contribution in [0.25, 0.3) is 0 Å². The molecular weight excluding hydrogens is 287 g/mol. The summed E-state index contributed by atoms with van der Waals surface area (Å²) in [5, 5.41) is 12.9. The molecule has 0 unspecified atom stereocenters. The minimum atomic E-state index is -4.34. The molecule has 0 spiro atoms. The number of anilines is 1. The molecule has 0 aromatic carbocycles. The maximum Gasteiger partial charge on any atom is 0.392 e. The highest BCUT2D eigenvalue weighted by Crippen LogP contribution is 2.54. The van der Waals surface area contributed by atoms with Gasteiger partial charge in [0.2, 0.25) is 11.9 Å². The summed E-state index contributed by atoms with van der Waals surface area (Å²) in [6, 6.07) is 0. The van der Waals surface area contributed by atoms with Crippen LogP contribution in [0.15, 0.2) is 0 Å². The van der Waals surface area contributed by atoms with Crippen LogP contribution in [0.3, 0.4) is 0 Å². The standard InChI is InChI=1S/C12H16F3N5O/c1-20-11(17-18-19-20)16-10(21)8-6-2-4-7(5-3-6)9(8)12(13,14)15/h6-9H,2-5H2,1H3,(H,16,17,19,21)/t6?,7?,8-,9-/m0/s1. The lowest BCUT2D eigenvalue weighted by Crippen LogP contribution is -2.51. The number of hydrogen-bond donors (Lipinski definition) is 1. The molecule has 9 heteroatoms. The number of fused-ring (bicyclic) bond motifs is 3. The highest BCUT2D eigenvalue weighted by atomic mass is 19.4. The zero-order valence-electron chi connectivity index (χ0n) is 11.5. The van der Waals surface area contributed by atoms with Crippen LogP contribution in [-0.4, -0.2) is 32.3 Å². The second-order valence-corrected chi connectivity index (χ2v) is 5.88. The Balaban J connectivity index is 1.84. The van der Waals surface area contributed by atoms with Crippen molar-refractivity contribution < 1.29 is 18.0 Å². The van der Waals surface area contributed by atoms with Crippen molar-refractivity contribution in [3.8, 4) is 0 Å². The lowest BCUT2D eigenvalue weighted by Gasteiger charge is -2.48. The maximum atomic E-state index is 13.3. The van der Waals surface area contributed by atoms with Crippen LogP contribution >= 0.6 is 0 Å². The van der Waals surface area contributed by atoms with E-state index < -0.39 is 29.8 Å². The van der Waals surface area contributed by atoms with Crippen molar-refractivity contribution in [3.63, 3.8) is 0 Å². The average molecular weight is 303 g/mol. The van der Waals surface area contributed by atoms with E-state index in [9.17, 15) is 18.0 Å². The van der Waals surface area contributed by atoms with Crippen LogP contribution in [0.1, 0.15) is 25.7 Å². The molecule has 116 valence electrons. The number of alkyl halides is 3. The normalized spacial score (nSPS) is 32.2. The van der Waals surface area contributed by atoms with Gasteiger partial charge >= 0.3 is 6.18 Å². The first-order chi connectivity index (χ1) is 9.88. The molecule has 1 aromatic rings. The van der Waals surface area contributed by atoms with Gasteiger partial charge in [-0.2, -0.15) is 13.2 Å². The van der Waals surface area contributed by atoms with E-state index in [1.807, 2.05) is 0 Å². The molecule has 3 fully saturated rings. The molecule has 2 atom stereocenters. The van der Waals surface area contributed by atoms with Crippen molar-refractivity contribution in [1.29, 1.82) is 0 Å². The quantitative estimate of drug-likeness (QED) is 0.903. The van der Waals surface area contributed by atoms with E-state index in [0.29, 0.717) is 25.7 Å². The van der Waals surface area contributed by atoms with E-state index in [-0.39, 0.29) is 11.9 Å². The van der Waals surface area contributed by atoms with Crippen LogP contribution in [-0.2, 0) is 11.8 Å². The van der Waals surface area contributed by atoms with Crippen molar-refractivity contribution in [3.05, 3.63) is 0 Å². The monoisotopic (exact) mass is 303 g/mol. The van der Waals surface area contributed by atoms with Crippen LogP contribution < -0.4 is 5.32 Å². The predicted molar refractivity (Wildman–Crippen MR) is 65.9 cm³/mol. The van der Waals surface area contributed by atoms with Gasteiger partial charge in [-0.15, -0.1) is 0 Å². The molecule has 3 aliphatic rings. The van der Waals surface area contributed by atoms with Crippen LogP contribution in [0.5, 0.6) is 0 Å². The molecule has 3 saturated carbocycles. The second kappa shape index (κ2) is 4.96. The number of aryl methyl sites for hydroxylation is 1. The third-order valence-electron chi connectivity index (χ3n) is 4.75. The summed E-state index contributed by atoms with van der Waals surface area (Å²) in [5.41, 5.74) is 0. The van der Waals surface area contributed by atoms with E-state index in [2.05, 4.69) is 20.8 Å². The van der Waals surface area contributed by atoms with Crippen LogP contribution in [0.4, 0.5) is 19.1 Å².